The number of nitrogens with zero attached hydrogens (tertiary/aromatic N) is 1. The molecule has 3 amide bonds. The topological polar surface area (TPSA) is 113 Å². The van der Waals surface area contributed by atoms with Crippen LogP contribution in [0.5, 0.6) is 5.75 Å². The first-order chi connectivity index (χ1) is 14.4. The Morgan fingerprint density at radius 3 is 2.37 bits per heavy atom. The molecule has 2 N–H and O–H groups in total. The predicted molar refractivity (Wildman–Crippen MR) is 113 cm³/mol. The highest BCUT2D eigenvalue weighted by Gasteiger charge is 2.41. The Labute approximate surface area is 177 Å². The molecule has 9 heteroatoms. The Bertz CT molecular complexity index is 958. The summed E-state index contributed by atoms with van der Waals surface area (Å²) < 4.78 is 5.36. The number of thioether (sulfide) groups is 1. The number of carboxylic acid groups (broad SMARTS) is 1. The second kappa shape index (κ2) is 9.45. The van der Waals surface area contributed by atoms with Gasteiger partial charge in [0.05, 0.1) is 18.7 Å². The van der Waals surface area contributed by atoms with E-state index in [9.17, 15) is 19.2 Å². The average Bonchev–Trinajstić information content (AvgIpc) is 2.97. The van der Waals surface area contributed by atoms with Crippen molar-refractivity contribution in [1.82, 2.24) is 0 Å². The predicted octanol–water partition coefficient (Wildman–Crippen LogP) is 3.31. The zero-order valence-corrected chi connectivity index (χ0v) is 17.0. The number of carboxylic acids is 1. The van der Waals surface area contributed by atoms with Crippen molar-refractivity contribution >= 4 is 46.2 Å². The average molecular weight is 428 g/mol. The van der Waals surface area contributed by atoms with Gasteiger partial charge >= 0.3 is 5.97 Å². The summed E-state index contributed by atoms with van der Waals surface area (Å²) in [5.74, 6) is -1.15. The number of hydrogen-bond donors (Lipinski definition) is 2. The van der Waals surface area contributed by atoms with Crippen LogP contribution in [0.1, 0.15) is 18.9 Å². The van der Waals surface area contributed by atoms with Gasteiger partial charge in [0.2, 0.25) is 11.8 Å². The monoisotopic (exact) mass is 428 g/mol. The van der Waals surface area contributed by atoms with Crippen molar-refractivity contribution in [2.24, 2.45) is 0 Å². The van der Waals surface area contributed by atoms with Crippen LogP contribution in [0.4, 0.5) is 16.2 Å². The van der Waals surface area contributed by atoms with Crippen LogP contribution in [0.3, 0.4) is 0 Å². The number of carbonyl (C=O) groups excluding carboxylic acids is 3. The summed E-state index contributed by atoms with van der Waals surface area (Å²) in [7, 11) is 0. The molecule has 0 aromatic heterocycles. The number of benzene rings is 2. The van der Waals surface area contributed by atoms with Crippen LogP contribution in [0.2, 0.25) is 0 Å². The van der Waals surface area contributed by atoms with E-state index in [1.165, 1.54) is 0 Å². The first-order valence-electron chi connectivity index (χ1n) is 9.25. The molecule has 1 atom stereocenters. The lowest BCUT2D eigenvalue weighted by Crippen LogP contribution is -2.32. The van der Waals surface area contributed by atoms with E-state index in [0.717, 1.165) is 16.7 Å². The van der Waals surface area contributed by atoms with Crippen LogP contribution in [-0.2, 0) is 20.8 Å². The van der Waals surface area contributed by atoms with Crippen molar-refractivity contribution in [3.8, 4) is 5.75 Å². The molecule has 156 valence electrons. The molecule has 1 aliphatic rings. The molecule has 1 aliphatic heterocycles. The Kier molecular flexibility index (Phi) is 6.73. The highest BCUT2D eigenvalue weighted by atomic mass is 32.2. The summed E-state index contributed by atoms with van der Waals surface area (Å²) in [5.41, 5.74) is 1.52. The lowest BCUT2D eigenvalue weighted by atomic mass is 10.1. The summed E-state index contributed by atoms with van der Waals surface area (Å²) in [6.45, 7) is 2.37. The molecule has 2 aromatic rings. The molecule has 30 heavy (non-hydrogen) atoms. The zero-order valence-electron chi connectivity index (χ0n) is 16.2. The van der Waals surface area contributed by atoms with Gasteiger partial charge in [0, 0.05) is 12.1 Å². The molecule has 1 saturated heterocycles. The van der Waals surface area contributed by atoms with Crippen molar-refractivity contribution in [2.45, 2.75) is 25.0 Å². The maximum Gasteiger partial charge on any atom is 0.307 e. The van der Waals surface area contributed by atoms with Crippen LogP contribution in [0.15, 0.2) is 48.5 Å². The largest absolute Gasteiger partial charge is 0.494 e. The van der Waals surface area contributed by atoms with Gasteiger partial charge in [0.15, 0.2) is 0 Å². The number of carbonyl (C=O) groups is 4. The molecular weight excluding hydrogens is 408 g/mol. The van der Waals surface area contributed by atoms with Crippen LogP contribution in [0.25, 0.3) is 0 Å². The van der Waals surface area contributed by atoms with E-state index in [2.05, 4.69) is 5.32 Å². The quantitative estimate of drug-likeness (QED) is 0.663. The Morgan fingerprint density at radius 2 is 1.77 bits per heavy atom. The van der Waals surface area contributed by atoms with Gasteiger partial charge in [0.1, 0.15) is 11.0 Å². The molecule has 8 nitrogen and oxygen atoms in total. The second-order valence-corrected chi connectivity index (χ2v) is 7.65. The third-order valence-corrected chi connectivity index (χ3v) is 5.33. The first-order valence-corrected chi connectivity index (χ1v) is 10.1. The number of rotatable bonds is 8. The number of amides is 3. The molecule has 1 unspecified atom stereocenters. The number of imide groups is 1. The zero-order chi connectivity index (χ0) is 21.7. The standard InChI is InChI=1S/C21H20N2O6S/c1-2-29-16-9-7-15(8-10-16)23-20(27)17(30-21(23)28)12-18(24)22-14-5-3-13(4-6-14)11-19(25)26/h3-10,17H,2,11-12H2,1H3,(H,22,24)(H,25,26). The Hall–Kier alpha value is -3.33. The Morgan fingerprint density at radius 1 is 1.10 bits per heavy atom. The van der Waals surface area contributed by atoms with E-state index in [0.29, 0.717) is 29.3 Å². The minimum absolute atomic E-state index is 0.106. The van der Waals surface area contributed by atoms with E-state index >= 15 is 0 Å². The summed E-state index contributed by atoms with van der Waals surface area (Å²) in [6.07, 6.45) is -0.259. The second-order valence-electron chi connectivity index (χ2n) is 6.49. The summed E-state index contributed by atoms with van der Waals surface area (Å²) in [6, 6.07) is 13.0. The van der Waals surface area contributed by atoms with Gasteiger partial charge in [-0.05, 0) is 60.6 Å². The lowest BCUT2D eigenvalue weighted by Gasteiger charge is -2.14. The first kappa shape index (κ1) is 21.4. The van der Waals surface area contributed by atoms with E-state index in [1.807, 2.05) is 6.92 Å². The summed E-state index contributed by atoms with van der Waals surface area (Å²) in [4.78, 5) is 49.1. The fraction of sp³-hybridized carbons (Fsp3) is 0.238. The van der Waals surface area contributed by atoms with Crippen molar-refractivity contribution in [3.63, 3.8) is 0 Å². The maximum absolute atomic E-state index is 12.7. The fourth-order valence-corrected chi connectivity index (χ4v) is 3.92. The van der Waals surface area contributed by atoms with Crippen LogP contribution in [-0.4, -0.2) is 40.0 Å². The van der Waals surface area contributed by atoms with E-state index < -0.39 is 28.3 Å². The molecule has 2 aromatic carbocycles. The van der Waals surface area contributed by atoms with Gasteiger partial charge in [-0.1, -0.05) is 12.1 Å². The summed E-state index contributed by atoms with van der Waals surface area (Å²) in [5, 5.41) is 10.2. The van der Waals surface area contributed by atoms with Gasteiger partial charge in [-0.15, -0.1) is 0 Å². The van der Waals surface area contributed by atoms with Crippen molar-refractivity contribution in [3.05, 3.63) is 54.1 Å². The van der Waals surface area contributed by atoms with Crippen molar-refractivity contribution in [2.75, 3.05) is 16.8 Å². The molecular formula is C21H20N2O6S. The van der Waals surface area contributed by atoms with Gasteiger partial charge in [0.25, 0.3) is 5.24 Å². The van der Waals surface area contributed by atoms with Crippen molar-refractivity contribution < 1.29 is 29.0 Å². The van der Waals surface area contributed by atoms with Gasteiger partial charge < -0.3 is 15.2 Å². The van der Waals surface area contributed by atoms with E-state index in [4.69, 9.17) is 9.84 Å². The highest BCUT2D eigenvalue weighted by Crippen LogP contribution is 2.34. The molecule has 1 fully saturated rings. The van der Waals surface area contributed by atoms with Crippen LogP contribution < -0.4 is 15.0 Å². The molecule has 0 spiro atoms. The lowest BCUT2D eigenvalue weighted by molar-refractivity contribution is -0.136. The smallest absolute Gasteiger partial charge is 0.307 e. The summed E-state index contributed by atoms with van der Waals surface area (Å²) >= 11 is 0.819. The fourth-order valence-electron chi connectivity index (χ4n) is 2.94. The third-order valence-electron chi connectivity index (χ3n) is 4.29. The normalized spacial score (nSPS) is 15.9. The number of nitrogens with one attached hydrogen (secondary N) is 1. The number of ether oxygens (including phenoxy) is 1. The van der Waals surface area contributed by atoms with Crippen molar-refractivity contribution in [1.29, 1.82) is 0 Å². The SMILES string of the molecule is CCOc1ccc(N2C(=O)SC(CC(=O)Nc3ccc(CC(=O)O)cc3)C2=O)cc1. The van der Waals surface area contributed by atoms with E-state index in [-0.39, 0.29) is 12.8 Å². The molecule has 0 saturated carbocycles. The minimum atomic E-state index is -0.940. The number of aliphatic carboxylic acids is 1. The van der Waals surface area contributed by atoms with Gasteiger partial charge in [-0.2, -0.15) is 0 Å². The maximum atomic E-state index is 12.7. The molecule has 0 aliphatic carbocycles. The molecule has 3 rings (SSSR count). The van der Waals surface area contributed by atoms with E-state index in [1.54, 1.807) is 48.5 Å². The van der Waals surface area contributed by atoms with Crippen LogP contribution >= 0.6 is 11.8 Å². The molecule has 1 heterocycles. The van der Waals surface area contributed by atoms with Gasteiger partial charge in [-0.25, -0.2) is 4.90 Å². The molecule has 0 radical (unpaired) electrons. The highest BCUT2D eigenvalue weighted by molar-refractivity contribution is 8.15. The number of hydrogen-bond acceptors (Lipinski definition) is 6. The van der Waals surface area contributed by atoms with Crippen LogP contribution in [0, 0.1) is 0 Å². The Balaban J connectivity index is 1.60. The van der Waals surface area contributed by atoms with Gasteiger partial charge in [-0.3, -0.25) is 19.2 Å². The number of anilines is 2. The third kappa shape index (κ3) is 5.18. The minimum Gasteiger partial charge on any atom is -0.494 e. The molecule has 0 bridgehead atoms.